The van der Waals surface area contributed by atoms with Gasteiger partial charge < -0.3 is 10.0 Å². The van der Waals surface area contributed by atoms with Crippen molar-refractivity contribution in [1.82, 2.24) is 4.90 Å². The van der Waals surface area contributed by atoms with Crippen molar-refractivity contribution in [2.24, 2.45) is 0 Å². The number of aliphatic hydroxyl groups excluding tert-OH is 1. The quantitative estimate of drug-likeness (QED) is 0.828. The summed E-state index contributed by atoms with van der Waals surface area (Å²) in [4.78, 5) is 13.9. The third-order valence-electron chi connectivity index (χ3n) is 3.44. The maximum atomic E-state index is 12.1. The number of benzene rings is 1. The second kappa shape index (κ2) is 5.83. The lowest BCUT2D eigenvalue weighted by Crippen LogP contribution is -2.36. The number of aliphatic hydroxyl groups is 1. The van der Waals surface area contributed by atoms with Crippen molar-refractivity contribution in [2.45, 2.75) is 25.8 Å². The van der Waals surface area contributed by atoms with Crippen LogP contribution in [0.4, 0.5) is 0 Å². The fraction of sp³-hybridized carbons (Fsp3) is 0.400. The molecule has 1 aliphatic heterocycles. The summed E-state index contributed by atoms with van der Waals surface area (Å²) < 4.78 is 0. The summed E-state index contributed by atoms with van der Waals surface area (Å²) in [6.45, 7) is 2.75. The van der Waals surface area contributed by atoms with Crippen LogP contribution in [0, 0.1) is 0 Å². The number of carbonyl (C=O) groups is 1. The van der Waals surface area contributed by atoms with Gasteiger partial charge in [0, 0.05) is 12.6 Å². The Balaban J connectivity index is 2.10. The highest BCUT2D eigenvalue weighted by molar-refractivity contribution is 5.95. The van der Waals surface area contributed by atoms with Crippen molar-refractivity contribution in [2.75, 3.05) is 13.2 Å². The Morgan fingerprint density at radius 3 is 2.83 bits per heavy atom. The van der Waals surface area contributed by atoms with E-state index >= 15 is 0 Å². The van der Waals surface area contributed by atoms with Gasteiger partial charge in [-0.05, 0) is 30.9 Å². The molecule has 1 saturated heterocycles. The molecule has 1 fully saturated rings. The largest absolute Gasteiger partial charge is 0.394 e. The van der Waals surface area contributed by atoms with Crippen LogP contribution in [-0.2, 0) is 4.79 Å². The summed E-state index contributed by atoms with van der Waals surface area (Å²) in [5, 5.41) is 9.22. The fourth-order valence-electron chi connectivity index (χ4n) is 2.37. The maximum Gasteiger partial charge on any atom is 0.247 e. The van der Waals surface area contributed by atoms with Crippen molar-refractivity contribution in [1.29, 1.82) is 0 Å². The van der Waals surface area contributed by atoms with Gasteiger partial charge in [0.05, 0.1) is 12.6 Å². The SMILES string of the molecule is CC(=CC(=O)N1CCCC1CO)c1ccccc1. The summed E-state index contributed by atoms with van der Waals surface area (Å²) in [5.41, 5.74) is 2.02. The first-order valence-corrected chi connectivity index (χ1v) is 6.37. The van der Waals surface area contributed by atoms with Crippen LogP contribution in [-0.4, -0.2) is 35.1 Å². The zero-order chi connectivity index (χ0) is 13.0. The molecule has 0 saturated carbocycles. The van der Waals surface area contributed by atoms with E-state index in [1.807, 2.05) is 37.3 Å². The average molecular weight is 245 g/mol. The number of rotatable bonds is 3. The topological polar surface area (TPSA) is 40.5 Å². The first kappa shape index (κ1) is 12.8. The zero-order valence-electron chi connectivity index (χ0n) is 10.7. The predicted molar refractivity (Wildman–Crippen MR) is 71.9 cm³/mol. The molecule has 3 heteroatoms. The highest BCUT2D eigenvalue weighted by Crippen LogP contribution is 2.19. The first-order valence-electron chi connectivity index (χ1n) is 6.37. The molecule has 0 bridgehead atoms. The Hall–Kier alpha value is -1.61. The molecule has 2 rings (SSSR count). The van der Waals surface area contributed by atoms with Crippen LogP contribution in [0.3, 0.4) is 0 Å². The van der Waals surface area contributed by atoms with Gasteiger partial charge in [0.25, 0.3) is 0 Å². The van der Waals surface area contributed by atoms with Gasteiger partial charge in [-0.2, -0.15) is 0 Å². The van der Waals surface area contributed by atoms with Crippen molar-refractivity contribution < 1.29 is 9.90 Å². The van der Waals surface area contributed by atoms with Crippen LogP contribution in [0.25, 0.3) is 5.57 Å². The van der Waals surface area contributed by atoms with Crippen LogP contribution in [0.5, 0.6) is 0 Å². The molecule has 1 unspecified atom stereocenters. The van der Waals surface area contributed by atoms with Crippen LogP contribution >= 0.6 is 0 Å². The fourth-order valence-corrected chi connectivity index (χ4v) is 2.37. The van der Waals surface area contributed by atoms with Gasteiger partial charge in [-0.1, -0.05) is 30.3 Å². The van der Waals surface area contributed by atoms with E-state index < -0.39 is 0 Å². The number of nitrogens with zero attached hydrogens (tertiary/aromatic N) is 1. The van der Waals surface area contributed by atoms with Crippen molar-refractivity contribution >= 4 is 11.5 Å². The van der Waals surface area contributed by atoms with E-state index in [1.165, 1.54) is 0 Å². The lowest BCUT2D eigenvalue weighted by molar-refractivity contribution is -0.127. The number of hydrogen-bond donors (Lipinski definition) is 1. The van der Waals surface area contributed by atoms with E-state index in [4.69, 9.17) is 0 Å². The van der Waals surface area contributed by atoms with Gasteiger partial charge in [-0.15, -0.1) is 0 Å². The molecule has 0 spiro atoms. The molecule has 1 heterocycles. The number of hydrogen-bond acceptors (Lipinski definition) is 2. The highest BCUT2D eigenvalue weighted by Gasteiger charge is 2.26. The van der Waals surface area contributed by atoms with E-state index in [-0.39, 0.29) is 18.6 Å². The number of likely N-dealkylation sites (tertiary alicyclic amines) is 1. The van der Waals surface area contributed by atoms with Gasteiger partial charge in [-0.25, -0.2) is 0 Å². The molecule has 1 amide bonds. The third-order valence-corrected chi connectivity index (χ3v) is 3.44. The molecular formula is C15H19NO2. The molecule has 0 aromatic heterocycles. The summed E-state index contributed by atoms with van der Waals surface area (Å²) in [5.74, 6) is 0.00732. The zero-order valence-corrected chi connectivity index (χ0v) is 10.7. The lowest BCUT2D eigenvalue weighted by Gasteiger charge is -2.21. The highest BCUT2D eigenvalue weighted by atomic mass is 16.3. The number of amides is 1. The molecular weight excluding hydrogens is 226 g/mol. The van der Waals surface area contributed by atoms with Gasteiger partial charge in [-0.3, -0.25) is 4.79 Å². The standard InChI is InChI=1S/C15H19NO2/c1-12(13-6-3-2-4-7-13)10-15(18)16-9-5-8-14(16)11-17/h2-4,6-7,10,14,17H,5,8-9,11H2,1H3. The molecule has 0 aliphatic carbocycles. The second-order valence-electron chi connectivity index (χ2n) is 4.70. The Labute approximate surface area is 108 Å². The summed E-state index contributed by atoms with van der Waals surface area (Å²) in [7, 11) is 0. The van der Waals surface area contributed by atoms with E-state index in [0.29, 0.717) is 0 Å². The minimum Gasteiger partial charge on any atom is -0.394 e. The Kier molecular flexibility index (Phi) is 4.15. The van der Waals surface area contributed by atoms with E-state index in [0.717, 1.165) is 30.5 Å². The molecule has 96 valence electrons. The van der Waals surface area contributed by atoms with Gasteiger partial charge >= 0.3 is 0 Å². The normalized spacial score (nSPS) is 20.2. The monoisotopic (exact) mass is 245 g/mol. The minimum absolute atomic E-state index is 0.00248. The summed E-state index contributed by atoms with van der Waals surface area (Å²) in [6, 6.07) is 9.87. The Morgan fingerprint density at radius 1 is 1.44 bits per heavy atom. The van der Waals surface area contributed by atoms with E-state index in [9.17, 15) is 9.90 Å². The molecule has 1 N–H and O–H groups in total. The smallest absolute Gasteiger partial charge is 0.247 e. The van der Waals surface area contributed by atoms with Crippen molar-refractivity contribution in [3.63, 3.8) is 0 Å². The van der Waals surface area contributed by atoms with Crippen LogP contribution in [0.2, 0.25) is 0 Å². The van der Waals surface area contributed by atoms with E-state index in [1.54, 1.807) is 11.0 Å². The number of allylic oxidation sites excluding steroid dienone is 1. The first-order chi connectivity index (χ1) is 8.72. The number of carbonyl (C=O) groups excluding carboxylic acids is 1. The summed E-state index contributed by atoms with van der Waals surface area (Å²) >= 11 is 0. The van der Waals surface area contributed by atoms with Gasteiger partial charge in [0.2, 0.25) is 5.91 Å². The Morgan fingerprint density at radius 2 is 2.17 bits per heavy atom. The summed E-state index contributed by atoms with van der Waals surface area (Å²) in [6.07, 6.45) is 3.55. The average Bonchev–Trinajstić information content (AvgIpc) is 2.88. The van der Waals surface area contributed by atoms with Crippen LogP contribution in [0.1, 0.15) is 25.3 Å². The van der Waals surface area contributed by atoms with Crippen LogP contribution in [0.15, 0.2) is 36.4 Å². The van der Waals surface area contributed by atoms with Gasteiger partial charge in [0.15, 0.2) is 0 Å². The maximum absolute atomic E-state index is 12.1. The second-order valence-corrected chi connectivity index (χ2v) is 4.70. The molecule has 1 aromatic carbocycles. The van der Waals surface area contributed by atoms with Crippen molar-refractivity contribution in [3.05, 3.63) is 42.0 Å². The predicted octanol–water partition coefficient (Wildman–Crippen LogP) is 2.07. The molecule has 1 aromatic rings. The van der Waals surface area contributed by atoms with E-state index in [2.05, 4.69) is 0 Å². The van der Waals surface area contributed by atoms with Crippen LogP contribution < -0.4 is 0 Å². The lowest BCUT2D eigenvalue weighted by atomic mass is 10.1. The molecule has 18 heavy (non-hydrogen) atoms. The van der Waals surface area contributed by atoms with Gasteiger partial charge in [0.1, 0.15) is 0 Å². The Bertz CT molecular complexity index is 439. The molecule has 1 aliphatic rings. The van der Waals surface area contributed by atoms with Crippen molar-refractivity contribution in [3.8, 4) is 0 Å². The third kappa shape index (κ3) is 2.79. The molecule has 1 atom stereocenters. The molecule has 0 radical (unpaired) electrons. The molecule has 3 nitrogen and oxygen atoms in total. The minimum atomic E-state index is -0.00248.